The third-order valence-electron chi connectivity index (χ3n) is 2.83. The van der Waals surface area contributed by atoms with E-state index in [1.807, 2.05) is 19.9 Å². The predicted molar refractivity (Wildman–Crippen MR) is 104 cm³/mol. The van der Waals surface area contributed by atoms with Crippen molar-refractivity contribution in [3.8, 4) is 11.5 Å². The lowest BCUT2D eigenvalue weighted by Crippen LogP contribution is -2.24. The molecule has 2 aromatic rings. The van der Waals surface area contributed by atoms with Gasteiger partial charge in [0.2, 0.25) is 0 Å². The van der Waals surface area contributed by atoms with E-state index < -0.39 is 19.4 Å². The minimum absolute atomic E-state index is 0.0415. The Hall–Kier alpha value is -2.70. The highest BCUT2D eigenvalue weighted by Gasteiger charge is 2.18. The molecule has 0 radical (unpaired) electrons. The van der Waals surface area contributed by atoms with Crippen LogP contribution in [0.3, 0.4) is 0 Å². The summed E-state index contributed by atoms with van der Waals surface area (Å²) >= 11 is 0. The molecule has 1 unspecified atom stereocenters. The summed E-state index contributed by atoms with van der Waals surface area (Å²) in [7, 11) is -1.70. The lowest BCUT2D eigenvalue weighted by Gasteiger charge is -2.18. The van der Waals surface area contributed by atoms with Crippen molar-refractivity contribution in [3.05, 3.63) is 64.7 Å². The number of ether oxygens (including phenoxy) is 1. The van der Waals surface area contributed by atoms with Crippen LogP contribution >= 0.6 is 8.53 Å². The second kappa shape index (κ2) is 12.6. The molecule has 1 N–H and O–H groups in total. The Morgan fingerprint density at radius 3 is 2.11 bits per heavy atom. The number of hydrogen-bond acceptors (Lipinski definition) is 7. The van der Waals surface area contributed by atoms with Gasteiger partial charge in [-0.1, -0.05) is 32.0 Å². The van der Waals surface area contributed by atoms with Crippen LogP contribution in [0.2, 0.25) is 0 Å². The molecular weight excluding hydrogens is 371 g/mol. The Bertz CT molecular complexity index is 697. The number of carbonyl (C=O) groups is 1. The van der Waals surface area contributed by atoms with Gasteiger partial charge in [0, 0.05) is 12.1 Å². The SMILES string of the molecule is CC.CCOC(=O)CNP(Oc1ccccc1)Oc1ccc([N+](=O)[O-])cc1. The van der Waals surface area contributed by atoms with E-state index in [9.17, 15) is 14.9 Å². The lowest BCUT2D eigenvalue weighted by molar-refractivity contribution is -0.384. The summed E-state index contributed by atoms with van der Waals surface area (Å²) in [5.41, 5.74) is -0.0415. The van der Waals surface area contributed by atoms with Crippen molar-refractivity contribution in [2.24, 2.45) is 0 Å². The van der Waals surface area contributed by atoms with E-state index in [0.717, 1.165) is 0 Å². The monoisotopic (exact) mass is 394 g/mol. The smallest absolute Gasteiger partial charge is 0.382 e. The molecule has 27 heavy (non-hydrogen) atoms. The molecular formula is C18H23N2O6P. The van der Waals surface area contributed by atoms with Crippen LogP contribution in [0.1, 0.15) is 20.8 Å². The van der Waals surface area contributed by atoms with Crippen molar-refractivity contribution < 1.29 is 23.5 Å². The number of non-ortho nitro benzene ring substituents is 1. The zero-order valence-corrected chi connectivity index (χ0v) is 16.3. The van der Waals surface area contributed by atoms with Crippen LogP contribution in [-0.2, 0) is 9.53 Å². The van der Waals surface area contributed by atoms with Crippen LogP contribution in [0, 0.1) is 10.1 Å². The van der Waals surface area contributed by atoms with Crippen molar-refractivity contribution in [1.29, 1.82) is 0 Å². The van der Waals surface area contributed by atoms with E-state index in [-0.39, 0.29) is 18.8 Å². The fourth-order valence-electron chi connectivity index (χ4n) is 1.73. The van der Waals surface area contributed by atoms with Crippen molar-refractivity contribution >= 4 is 20.2 Å². The molecule has 8 nitrogen and oxygen atoms in total. The highest BCUT2D eigenvalue weighted by atomic mass is 31.2. The Balaban J connectivity index is 0.00000176. The summed E-state index contributed by atoms with van der Waals surface area (Å²) in [5, 5.41) is 13.5. The first-order valence-corrected chi connectivity index (χ1v) is 9.61. The number of nitrogens with zero attached hydrogens (tertiary/aromatic N) is 1. The Labute approximate surface area is 159 Å². The van der Waals surface area contributed by atoms with Crippen LogP contribution < -0.4 is 14.1 Å². The van der Waals surface area contributed by atoms with Gasteiger partial charge in [-0.25, -0.2) is 5.09 Å². The Kier molecular flexibility index (Phi) is 10.4. The van der Waals surface area contributed by atoms with Gasteiger partial charge in [0.1, 0.15) is 18.0 Å². The maximum Gasteiger partial charge on any atom is 0.382 e. The third kappa shape index (κ3) is 8.48. The van der Waals surface area contributed by atoms with E-state index >= 15 is 0 Å². The summed E-state index contributed by atoms with van der Waals surface area (Å²) in [4.78, 5) is 21.7. The van der Waals surface area contributed by atoms with Gasteiger partial charge < -0.3 is 13.8 Å². The van der Waals surface area contributed by atoms with Gasteiger partial charge in [-0.15, -0.1) is 0 Å². The largest absolute Gasteiger partial charge is 0.465 e. The van der Waals surface area contributed by atoms with E-state index in [0.29, 0.717) is 11.5 Å². The number of benzene rings is 2. The standard InChI is InChI=1S/C16H17N2O6P.C2H6/c1-2-22-16(19)12-17-25(23-14-6-4-3-5-7-14)24-15-10-8-13(9-11-15)18(20)21;1-2/h3-11,17H,2,12H2,1H3;1-2H3. The van der Waals surface area contributed by atoms with Gasteiger partial charge in [-0.05, 0) is 31.2 Å². The number of esters is 1. The summed E-state index contributed by atoms with van der Waals surface area (Å²) in [5.74, 6) is 0.509. The van der Waals surface area contributed by atoms with Crippen LogP contribution in [0.5, 0.6) is 11.5 Å². The second-order valence-corrected chi connectivity index (χ2v) is 5.84. The molecule has 0 heterocycles. The number of nitro groups is 1. The van der Waals surface area contributed by atoms with Crippen LogP contribution in [0.25, 0.3) is 0 Å². The number of hydrogen-bond donors (Lipinski definition) is 1. The molecule has 0 amide bonds. The third-order valence-corrected chi connectivity index (χ3v) is 3.99. The summed E-state index contributed by atoms with van der Waals surface area (Å²) in [6.45, 7) is 5.91. The van der Waals surface area contributed by atoms with E-state index in [4.69, 9.17) is 13.8 Å². The average Bonchev–Trinajstić information content (AvgIpc) is 2.69. The molecule has 2 aromatic carbocycles. The molecule has 0 aliphatic carbocycles. The van der Waals surface area contributed by atoms with Gasteiger partial charge >= 0.3 is 14.5 Å². The normalized spacial score (nSPS) is 10.8. The van der Waals surface area contributed by atoms with Crippen molar-refractivity contribution in [1.82, 2.24) is 5.09 Å². The molecule has 0 aromatic heterocycles. The van der Waals surface area contributed by atoms with E-state index in [1.165, 1.54) is 24.3 Å². The summed E-state index contributed by atoms with van der Waals surface area (Å²) in [6.07, 6.45) is 0. The molecule has 1 atom stereocenters. The van der Waals surface area contributed by atoms with Crippen LogP contribution in [0.15, 0.2) is 54.6 Å². The van der Waals surface area contributed by atoms with Gasteiger partial charge in [-0.2, -0.15) is 0 Å². The second-order valence-electron chi connectivity index (χ2n) is 4.64. The molecule has 0 bridgehead atoms. The first-order chi connectivity index (χ1) is 13.1. The minimum Gasteiger partial charge on any atom is -0.465 e. The van der Waals surface area contributed by atoms with Gasteiger partial charge in [0.25, 0.3) is 5.69 Å². The molecule has 0 spiro atoms. The first-order valence-electron chi connectivity index (χ1n) is 8.43. The van der Waals surface area contributed by atoms with Crippen LogP contribution in [-0.4, -0.2) is 24.0 Å². The first kappa shape index (κ1) is 22.3. The fraction of sp³-hybridized carbons (Fsp3) is 0.278. The maximum atomic E-state index is 11.5. The summed E-state index contributed by atoms with van der Waals surface area (Å²) < 4.78 is 16.3. The number of nitro benzene ring substituents is 1. The van der Waals surface area contributed by atoms with Gasteiger partial charge in [0.05, 0.1) is 11.5 Å². The van der Waals surface area contributed by atoms with E-state index in [2.05, 4.69) is 5.09 Å². The highest BCUT2D eigenvalue weighted by Crippen LogP contribution is 2.37. The number of carbonyl (C=O) groups excluding carboxylic acids is 1. The molecule has 0 saturated carbocycles. The Morgan fingerprint density at radius 2 is 1.59 bits per heavy atom. The lowest BCUT2D eigenvalue weighted by atomic mass is 10.3. The topological polar surface area (TPSA) is 99.9 Å². The number of para-hydroxylation sites is 1. The van der Waals surface area contributed by atoms with Crippen LogP contribution in [0.4, 0.5) is 5.69 Å². The molecule has 2 rings (SSSR count). The molecule has 0 fully saturated rings. The van der Waals surface area contributed by atoms with E-state index in [1.54, 1.807) is 31.2 Å². The van der Waals surface area contributed by atoms with Crippen molar-refractivity contribution in [3.63, 3.8) is 0 Å². The molecule has 0 aliphatic rings. The van der Waals surface area contributed by atoms with Crippen molar-refractivity contribution in [2.75, 3.05) is 13.2 Å². The molecule has 146 valence electrons. The molecule has 9 heteroatoms. The summed E-state index contributed by atoms with van der Waals surface area (Å²) in [6, 6.07) is 14.6. The zero-order chi connectivity index (χ0) is 20.1. The molecule has 0 saturated heterocycles. The minimum atomic E-state index is -1.70. The quantitative estimate of drug-likeness (QED) is 0.290. The Morgan fingerprint density at radius 1 is 1.04 bits per heavy atom. The van der Waals surface area contributed by atoms with Crippen molar-refractivity contribution in [2.45, 2.75) is 20.8 Å². The van der Waals surface area contributed by atoms with Gasteiger partial charge in [-0.3, -0.25) is 14.9 Å². The zero-order valence-electron chi connectivity index (χ0n) is 15.5. The number of nitrogens with one attached hydrogen (secondary N) is 1. The molecule has 0 aliphatic heterocycles. The average molecular weight is 394 g/mol. The highest BCUT2D eigenvalue weighted by molar-refractivity contribution is 7.45. The maximum absolute atomic E-state index is 11.5. The number of rotatable bonds is 9. The van der Waals surface area contributed by atoms with Gasteiger partial charge in [0.15, 0.2) is 0 Å². The fourth-order valence-corrected chi connectivity index (χ4v) is 2.78. The predicted octanol–water partition coefficient (Wildman–Crippen LogP) is 4.46.